The predicted octanol–water partition coefficient (Wildman–Crippen LogP) is 4.46. The first kappa shape index (κ1) is 19.4. The fourth-order valence-corrected chi connectivity index (χ4v) is 3.83. The van der Waals surface area contributed by atoms with Gasteiger partial charge in [0.1, 0.15) is 5.82 Å². The zero-order valence-electron chi connectivity index (χ0n) is 15.1. The number of thioether (sulfide) groups is 2. The van der Waals surface area contributed by atoms with E-state index in [0.29, 0.717) is 11.0 Å². The van der Waals surface area contributed by atoms with Crippen molar-refractivity contribution in [1.82, 2.24) is 14.8 Å². The van der Waals surface area contributed by atoms with Gasteiger partial charge in [-0.2, -0.15) is 0 Å². The number of rotatable bonds is 6. The van der Waals surface area contributed by atoms with Crippen molar-refractivity contribution in [2.75, 3.05) is 11.6 Å². The molecule has 27 heavy (non-hydrogen) atoms. The smallest absolute Gasteiger partial charge is 0.237 e. The number of nitrogens with one attached hydrogen (secondary N) is 1. The van der Waals surface area contributed by atoms with Gasteiger partial charge >= 0.3 is 0 Å². The van der Waals surface area contributed by atoms with Crippen LogP contribution in [-0.2, 0) is 11.8 Å². The van der Waals surface area contributed by atoms with Crippen LogP contribution in [0.5, 0.6) is 0 Å². The molecular weight excluding hydrogens is 383 g/mol. The third-order valence-corrected chi connectivity index (χ3v) is 5.88. The Morgan fingerprint density at radius 2 is 1.85 bits per heavy atom. The number of hydrogen-bond acceptors (Lipinski definition) is 5. The van der Waals surface area contributed by atoms with Crippen molar-refractivity contribution in [3.05, 3.63) is 54.3 Å². The van der Waals surface area contributed by atoms with E-state index in [4.69, 9.17) is 0 Å². The van der Waals surface area contributed by atoms with Gasteiger partial charge in [0.15, 0.2) is 11.0 Å². The second-order valence-corrected chi connectivity index (χ2v) is 7.98. The Balaban J connectivity index is 1.71. The van der Waals surface area contributed by atoms with Gasteiger partial charge in [-0.25, -0.2) is 4.39 Å². The molecule has 1 aromatic heterocycles. The summed E-state index contributed by atoms with van der Waals surface area (Å²) in [6.07, 6.45) is 1.97. The molecule has 0 aliphatic carbocycles. The number of benzene rings is 2. The monoisotopic (exact) mass is 402 g/mol. The molecular formula is C19H19FN4OS2. The highest BCUT2D eigenvalue weighted by Gasteiger charge is 2.20. The maximum Gasteiger partial charge on any atom is 0.237 e. The fraction of sp³-hybridized carbons (Fsp3) is 0.211. The SMILES string of the molecule is CSc1ccccc1NC(=O)C(C)Sc1nnc(-c2ccc(F)cc2)n1C. The summed E-state index contributed by atoms with van der Waals surface area (Å²) in [5, 5.41) is 11.6. The summed E-state index contributed by atoms with van der Waals surface area (Å²) in [7, 11) is 1.83. The third kappa shape index (κ3) is 4.51. The molecule has 2 aromatic carbocycles. The molecule has 1 N–H and O–H groups in total. The molecule has 1 atom stereocenters. The van der Waals surface area contributed by atoms with Crippen molar-refractivity contribution >= 4 is 35.1 Å². The number of carbonyl (C=O) groups excluding carboxylic acids is 1. The van der Waals surface area contributed by atoms with Gasteiger partial charge in [0.25, 0.3) is 0 Å². The van der Waals surface area contributed by atoms with Crippen LogP contribution in [0.25, 0.3) is 11.4 Å². The number of nitrogens with zero attached hydrogens (tertiary/aromatic N) is 3. The van der Waals surface area contributed by atoms with Crippen molar-refractivity contribution in [1.29, 1.82) is 0 Å². The van der Waals surface area contributed by atoms with Gasteiger partial charge in [-0.1, -0.05) is 23.9 Å². The number of anilines is 1. The summed E-state index contributed by atoms with van der Waals surface area (Å²) >= 11 is 2.91. The Bertz CT molecular complexity index is 943. The van der Waals surface area contributed by atoms with Gasteiger partial charge in [0.05, 0.1) is 10.9 Å². The number of amides is 1. The molecule has 1 unspecified atom stereocenters. The summed E-state index contributed by atoms with van der Waals surface area (Å²) in [6, 6.07) is 13.8. The standard InChI is InChI=1S/C19H19FN4OS2/c1-12(18(25)21-15-6-4-5-7-16(15)26-3)27-19-23-22-17(24(19)2)13-8-10-14(20)11-9-13/h4-12H,1-3H3,(H,21,25). The minimum absolute atomic E-state index is 0.104. The highest BCUT2D eigenvalue weighted by molar-refractivity contribution is 8.00. The first-order valence-electron chi connectivity index (χ1n) is 8.25. The number of halogens is 1. The third-order valence-electron chi connectivity index (χ3n) is 3.95. The van der Waals surface area contributed by atoms with E-state index in [0.717, 1.165) is 16.1 Å². The molecule has 3 rings (SSSR count). The van der Waals surface area contributed by atoms with Gasteiger partial charge in [-0.15, -0.1) is 22.0 Å². The largest absolute Gasteiger partial charge is 0.324 e. The van der Waals surface area contributed by atoms with E-state index in [1.807, 2.05) is 44.5 Å². The quantitative estimate of drug-likeness (QED) is 0.617. The second-order valence-electron chi connectivity index (χ2n) is 5.82. The van der Waals surface area contributed by atoms with Crippen LogP contribution >= 0.6 is 23.5 Å². The lowest BCUT2D eigenvalue weighted by Crippen LogP contribution is -2.23. The van der Waals surface area contributed by atoms with E-state index in [2.05, 4.69) is 15.5 Å². The highest BCUT2D eigenvalue weighted by Crippen LogP contribution is 2.28. The van der Waals surface area contributed by atoms with Crippen LogP contribution in [0, 0.1) is 5.82 Å². The van der Waals surface area contributed by atoms with Crippen LogP contribution in [0.2, 0.25) is 0 Å². The maximum absolute atomic E-state index is 13.1. The first-order valence-corrected chi connectivity index (χ1v) is 10.4. The zero-order chi connectivity index (χ0) is 19.4. The highest BCUT2D eigenvalue weighted by atomic mass is 32.2. The Morgan fingerprint density at radius 1 is 1.15 bits per heavy atom. The molecule has 1 heterocycles. The predicted molar refractivity (Wildman–Crippen MR) is 109 cm³/mol. The van der Waals surface area contributed by atoms with Crippen molar-refractivity contribution < 1.29 is 9.18 Å². The van der Waals surface area contributed by atoms with Gasteiger partial charge in [0, 0.05) is 17.5 Å². The molecule has 0 aliphatic rings. The summed E-state index contributed by atoms with van der Waals surface area (Å²) in [6.45, 7) is 1.83. The van der Waals surface area contributed by atoms with E-state index >= 15 is 0 Å². The molecule has 1 amide bonds. The number of aromatic nitrogens is 3. The molecule has 0 spiro atoms. The van der Waals surface area contributed by atoms with Gasteiger partial charge in [-0.05, 0) is 49.6 Å². The van der Waals surface area contributed by atoms with Crippen LogP contribution in [0.4, 0.5) is 10.1 Å². The normalized spacial score (nSPS) is 12.0. The Kier molecular flexibility index (Phi) is 6.18. The topological polar surface area (TPSA) is 59.8 Å². The number of carbonyl (C=O) groups is 1. The van der Waals surface area contributed by atoms with Gasteiger partial charge < -0.3 is 9.88 Å². The molecule has 0 fully saturated rings. The zero-order valence-corrected chi connectivity index (χ0v) is 16.8. The average Bonchev–Trinajstić information content (AvgIpc) is 3.03. The molecule has 0 aliphatic heterocycles. The minimum Gasteiger partial charge on any atom is -0.324 e. The van der Waals surface area contributed by atoms with E-state index in [-0.39, 0.29) is 17.0 Å². The molecule has 0 radical (unpaired) electrons. The molecule has 8 heteroatoms. The lowest BCUT2D eigenvalue weighted by Gasteiger charge is -2.13. The van der Waals surface area contributed by atoms with Crippen LogP contribution in [0.15, 0.2) is 58.6 Å². The molecule has 0 bridgehead atoms. The molecule has 140 valence electrons. The number of para-hydroxylation sites is 1. The van der Waals surface area contributed by atoms with E-state index in [1.165, 1.54) is 23.9 Å². The fourth-order valence-electron chi connectivity index (χ4n) is 2.46. The average molecular weight is 403 g/mol. The molecule has 0 saturated carbocycles. The van der Waals surface area contributed by atoms with Crippen molar-refractivity contribution in [2.24, 2.45) is 7.05 Å². The Morgan fingerprint density at radius 3 is 2.56 bits per heavy atom. The van der Waals surface area contributed by atoms with Crippen LogP contribution in [0.1, 0.15) is 6.92 Å². The van der Waals surface area contributed by atoms with Crippen molar-refractivity contribution in [3.63, 3.8) is 0 Å². The van der Waals surface area contributed by atoms with E-state index in [1.54, 1.807) is 28.5 Å². The molecule has 5 nitrogen and oxygen atoms in total. The van der Waals surface area contributed by atoms with Crippen LogP contribution in [0.3, 0.4) is 0 Å². The summed E-state index contributed by atoms with van der Waals surface area (Å²) in [4.78, 5) is 13.6. The van der Waals surface area contributed by atoms with Gasteiger partial charge in [0.2, 0.25) is 5.91 Å². The van der Waals surface area contributed by atoms with Gasteiger partial charge in [-0.3, -0.25) is 4.79 Å². The molecule has 3 aromatic rings. The lowest BCUT2D eigenvalue weighted by molar-refractivity contribution is -0.115. The maximum atomic E-state index is 13.1. The minimum atomic E-state index is -0.358. The Labute approximate surface area is 165 Å². The van der Waals surface area contributed by atoms with E-state index in [9.17, 15) is 9.18 Å². The van der Waals surface area contributed by atoms with Crippen LogP contribution in [-0.4, -0.2) is 32.2 Å². The summed E-state index contributed by atoms with van der Waals surface area (Å²) in [5.41, 5.74) is 1.57. The first-order chi connectivity index (χ1) is 13.0. The lowest BCUT2D eigenvalue weighted by atomic mass is 10.2. The van der Waals surface area contributed by atoms with Crippen LogP contribution < -0.4 is 5.32 Å². The summed E-state index contributed by atoms with van der Waals surface area (Å²) in [5.74, 6) is 0.219. The van der Waals surface area contributed by atoms with Crippen molar-refractivity contribution in [2.45, 2.75) is 22.2 Å². The summed E-state index contributed by atoms with van der Waals surface area (Å²) < 4.78 is 14.9. The Hall–Kier alpha value is -2.32. The van der Waals surface area contributed by atoms with Crippen molar-refractivity contribution in [3.8, 4) is 11.4 Å². The second kappa shape index (κ2) is 8.58. The van der Waals surface area contributed by atoms with E-state index < -0.39 is 0 Å². The molecule has 0 saturated heterocycles. The number of hydrogen-bond donors (Lipinski definition) is 1.